The predicted molar refractivity (Wildman–Crippen MR) is 80.5 cm³/mol. The third-order valence-corrected chi connectivity index (χ3v) is 4.76. The van der Waals surface area contributed by atoms with E-state index in [1.807, 2.05) is 23.6 Å². The summed E-state index contributed by atoms with van der Waals surface area (Å²) in [5.41, 5.74) is 0.594. The molecular formula is C13H10Br2O2S. The van der Waals surface area contributed by atoms with Gasteiger partial charge in [-0.15, -0.1) is 11.3 Å². The number of hydrogen-bond acceptors (Lipinski definition) is 3. The van der Waals surface area contributed by atoms with E-state index in [0.29, 0.717) is 17.9 Å². The Labute approximate surface area is 126 Å². The molecule has 0 bridgehead atoms. The average Bonchev–Trinajstić information content (AvgIpc) is 2.73. The van der Waals surface area contributed by atoms with Crippen LogP contribution in [0.15, 0.2) is 38.6 Å². The lowest BCUT2D eigenvalue weighted by molar-refractivity contribution is 0.101. The van der Waals surface area contributed by atoms with Crippen molar-refractivity contribution in [2.45, 2.75) is 13.5 Å². The van der Waals surface area contributed by atoms with Gasteiger partial charge in [0.15, 0.2) is 5.78 Å². The van der Waals surface area contributed by atoms with Gasteiger partial charge in [-0.25, -0.2) is 0 Å². The van der Waals surface area contributed by atoms with Crippen molar-refractivity contribution in [3.05, 3.63) is 49.0 Å². The van der Waals surface area contributed by atoms with E-state index in [0.717, 1.165) is 13.8 Å². The first-order valence-corrected chi connectivity index (χ1v) is 7.69. The van der Waals surface area contributed by atoms with Gasteiger partial charge in [-0.05, 0) is 52.5 Å². The smallest absolute Gasteiger partial charge is 0.163 e. The van der Waals surface area contributed by atoms with E-state index in [4.69, 9.17) is 4.74 Å². The number of ether oxygens (including phenoxy) is 1. The van der Waals surface area contributed by atoms with Crippen LogP contribution >= 0.6 is 43.2 Å². The number of halogens is 2. The highest BCUT2D eigenvalue weighted by Crippen LogP contribution is 2.27. The minimum Gasteiger partial charge on any atom is -0.487 e. The monoisotopic (exact) mass is 388 g/mol. The molecule has 1 heterocycles. The second kappa shape index (κ2) is 5.99. The van der Waals surface area contributed by atoms with Crippen molar-refractivity contribution >= 4 is 49.0 Å². The molecule has 0 unspecified atom stereocenters. The lowest BCUT2D eigenvalue weighted by Crippen LogP contribution is -2.01. The summed E-state index contributed by atoms with van der Waals surface area (Å²) < 4.78 is 7.63. The molecule has 0 amide bonds. The first-order valence-electron chi connectivity index (χ1n) is 5.23. The van der Waals surface area contributed by atoms with Gasteiger partial charge in [0.1, 0.15) is 12.4 Å². The molecule has 1 aromatic heterocycles. The van der Waals surface area contributed by atoms with Gasteiger partial charge in [-0.1, -0.05) is 15.9 Å². The molecule has 0 spiro atoms. The summed E-state index contributed by atoms with van der Waals surface area (Å²) in [5, 5.41) is 2.00. The third kappa shape index (κ3) is 3.22. The number of rotatable bonds is 4. The number of benzene rings is 1. The predicted octanol–water partition coefficient (Wildman–Crippen LogP) is 5.05. The maximum absolute atomic E-state index is 11.5. The van der Waals surface area contributed by atoms with Crippen molar-refractivity contribution in [1.82, 2.24) is 0 Å². The molecule has 0 saturated heterocycles. The first-order chi connectivity index (χ1) is 8.58. The number of ketones is 1. The summed E-state index contributed by atoms with van der Waals surface area (Å²) >= 11 is 8.43. The van der Waals surface area contributed by atoms with Crippen LogP contribution < -0.4 is 4.74 Å². The van der Waals surface area contributed by atoms with Gasteiger partial charge in [0.2, 0.25) is 0 Å². The summed E-state index contributed by atoms with van der Waals surface area (Å²) in [6.45, 7) is 2.00. The average molecular weight is 390 g/mol. The van der Waals surface area contributed by atoms with Gasteiger partial charge in [0.05, 0.1) is 10.4 Å². The zero-order valence-corrected chi connectivity index (χ0v) is 13.6. The molecule has 0 N–H and O–H groups in total. The largest absolute Gasteiger partial charge is 0.487 e. The van der Waals surface area contributed by atoms with Crippen molar-refractivity contribution < 1.29 is 9.53 Å². The minimum absolute atomic E-state index is 0.00320. The van der Waals surface area contributed by atoms with Crippen LogP contribution in [0.4, 0.5) is 0 Å². The van der Waals surface area contributed by atoms with Gasteiger partial charge in [0, 0.05) is 8.95 Å². The van der Waals surface area contributed by atoms with Crippen LogP contribution in [0.5, 0.6) is 5.75 Å². The second-order valence-corrected chi connectivity index (χ2v) is 6.45. The van der Waals surface area contributed by atoms with Crippen LogP contribution in [0, 0.1) is 0 Å². The summed E-state index contributed by atoms with van der Waals surface area (Å²) in [6, 6.07) is 7.44. The van der Waals surface area contributed by atoms with E-state index in [1.165, 1.54) is 6.92 Å². The number of carbonyl (C=O) groups is 1. The van der Waals surface area contributed by atoms with E-state index in [-0.39, 0.29) is 5.78 Å². The maximum Gasteiger partial charge on any atom is 0.163 e. The third-order valence-electron chi connectivity index (χ3n) is 2.37. The summed E-state index contributed by atoms with van der Waals surface area (Å²) in [7, 11) is 0. The molecule has 2 rings (SSSR count). The molecule has 2 aromatic rings. The Kier molecular flexibility index (Phi) is 4.59. The van der Waals surface area contributed by atoms with Gasteiger partial charge < -0.3 is 4.74 Å². The SMILES string of the molecule is CC(=O)c1cc(Br)ccc1OCc1sccc1Br. The van der Waals surface area contributed by atoms with Crippen molar-refractivity contribution in [2.75, 3.05) is 0 Å². The number of carbonyl (C=O) groups excluding carboxylic acids is 1. The van der Waals surface area contributed by atoms with Gasteiger partial charge in [0.25, 0.3) is 0 Å². The van der Waals surface area contributed by atoms with Crippen LogP contribution in [0.25, 0.3) is 0 Å². The van der Waals surface area contributed by atoms with Crippen molar-refractivity contribution in [3.8, 4) is 5.75 Å². The van der Waals surface area contributed by atoms with E-state index in [2.05, 4.69) is 31.9 Å². The quantitative estimate of drug-likeness (QED) is 0.683. The van der Waals surface area contributed by atoms with Gasteiger partial charge in [-0.2, -0.15) is 0 Å². The number of Topliss-reactive ketones (excluding diaryl/α,β-unsaturated/α-hetero) is 1. The molecule has 0 aliphatic carbocycles. The van der Waals surface area contributed by atoms with E-state index in [9.17, 15) is 4.79 Å². The van der Waals surface area contributed by atoms with Gasteiger partial charge >= 0.3 is 0 Å². The van der Waals surface area contributed by atoms with E-state index < -0.39 is 0 Å². The molecule has 18 heavy (non-hydrogen) atoms. The van der Waals surface area contributed by atoms with E-state index >= 15 is 0 Å². The number of hydrogen-bond donors (Lipinski definition) is 0. The molecule has 0 atom stereocenters. The lowest BCUT2D eigenvalue weighted by Gasteiger charge is -2.09. The van der Waals surface area contributed by atoms with Crippen LogP contribution in [-0.2, 0) is 6.61 Å². The van der Waals surface area contributed by atoms with Crippen molar-refractivity contribution in [2.24, 2.45) is 0 Å². The number of thiophene rings is 1. The Bertz CT molecular complexity index is 578. The summed E-state index contributed by atoms with van der Waals surface area (Å²) in [6.07, 6.45) is 0. The Morgan fingerprint density at radius 2 is 2.11 bits per heavy atom. The summed E-state index contributed by atoms with van der Waals surface area (Å²) in [4.78, 5) is 12.6. The molecule has 0 aliphatic rings. The minimum atomic E-state index is -0.00320. The zero-order valence-electron chi connectivity index (χ0n) is 9.57. The lowest BCUT2D eigenvalue weighted by atomic mass is 10.1. The fourth-order valence-electron chi connectivity index (χ4n) is 1.47. The standard InChI is InChI=1S/C13H10Br2O2S/c1-8(16)10-6-9(14)2-3-12(10)17-7-13-11(15)4-5-18-13/h2-6H,7H2,1H3. The Morgan fingerprint density at radius 3 is 2.72 bits per heavy atom. The Hall–Kier alpha value is -0.650. The normalized spacial score (nSPS) is 10.4. The molecule has 5 heteroatoms. The van der Waals surface area contributed by atoms with Crippen LogP contribution in [0.1, 0.15) is 22.2 Å². The highest BCUT2D eigenvalue weighted by atomic mass is 79.9. The molecular weight excluding hydrogens is 380 g/mol. The van der Waals surface area contributed by atoms with Crippen LogP contribution in [-0.4, -0.2) is 5.78 Å². The molecule has 1 aromatic carbocycles. The highest BCUT2D eigenvalue weighted by molar-refractivity contribution is 9.10. The Balaban J connectivity index is 2.19. The van der Waals surface area contributed by atoms with Crippen LogP contribution in [0.3, 0.4) is 0 Å². The van der Waals surface area contributed by atoms with E-state index in [1.54, 1.807) is 17.4 Å². The zero-order chi connectivity index (χ0) is 13.1. The van der Waals surface area contributed by atoms with Crippen molar-refractivity contribution in [1.29, 1.82) is 0 Å². The first kappa shape index (κ1) is 13.8. The topological polar surface area (TPSA) is 26.3 Å². The Morgan fingerprint density at radius 1 is 1.33 bits per heavy atom. The molecule has 2 nitrogen and oxygen atoms in total. The summed E-state index contributed by atoms with van der Waals surface area (Å²) in [5.74, 6) is 0.613. The van der Waals surface area contributed by atoms with Crippen molar-refractivity contribution in [3.63, 3.8) is 0 Å². The van der Waals surface area contributed by atoms with Gasteiger partial charge in [-0.3, -0.25) is 4.79 Å². The second-order valence-electron chi connectivity index (χ2n) is 3.68. The maximum atomic E-state index is 11.5. The molecule has 0 fully saturated rings. The molecule has 0 aliphatic heterocycles. The molecule has 0 saturated carbocycles. The fraction of sp³-hybridized carbons (Fsp3) is 0.154. The molecule has 0 radical (unpaired) electrons. The van der Waals surface area contributed by atoms with Crippen LogP contribution in [0.2, 0.25) is 0 Å². The highest BCUT2D eigenvalue weighted by Gasteiger charge is 2.10. The fourth-order valence-corrected chi connectivity index (χ4v) is 3.21. The molecule has 94 valence electrons.